The number of carboxylic acids is 1. The molecule has 2 N–H and O–H groups in total. The third kappa shape index (κ3) is 5.66. The van der Waals surface area contributed by atoms with Gasteiger partial charge in [-0.15, -0.1) is 17.9 Å². The molecular weight excluding hydrogens is 374 g/mol. The molecular formula is C21H27N3O3S. The second kappa shape index (κ2) is 9.01. The number of nitrogens with one attached hydrogen (secondary N) is 1. The Morgan fingerprint density at radius 2 is 1.96 bits per heavy atom. The Morgan fingerprint density at radius 3 is 2.46 bits per heavy atom. The number of nitrogens with zero attached hydrogens (tertiary/aromatic N) is 2. The maximum absolute atomic E-state index is 12.1. The first kappa shape index (κ1) is 21.6. The maximum atomic E-state index is 12.1. The zero-order chi connectivity index (χ0) is 20.9. The van der Waals surface area contributed by atoms with Crippen molar-refractivity contribution in [2.45, 2.75) is 45.7 Å². The minimum atomic E-state index is -1.07. The van der Waals surface area contributed by atoms with Crippen LogP contribution in [0.5, 0.6) is 0 Å². The summed E-state index contributed by atoms with van der Waals surface area (Å²) in [6.45, 7) is 13.0. The van der Waals surface area contributed by atoms with Gasteiger partial charge in [0, 0.05) is 29.4 Å². The second-order valence-electron chi connectivity index (χ2n) is 7.66. The fourth-order valence-corrected chi connectivity index (χ4v) is 3.51. The van der Waals surface area contributed by atoms with Crippen LogP contribution in [0.1, 0.15) is 49.3 Å². The highest BCUT2D eigenvalue weighted by Gasteiger charge is 2.20. The number of hydrogen-bond donors (Lipinski definition) is 2. The van der Waals surface area contributed by atoms with Crippen LogP contribution in [0.3, 0.4) is 0 Å². The van der Waals surface area contributed by atoms with E-state index in [0.717, 1.165) is 16.4 Å². The second-order valence-corrected chi connectivity index (χ2v) is 8.50. The number of benzene rings is 1. The number of carboxylic acid groups (broad SMARTS) is 1. The normalized spacial score (nSPS) is 12.3. The zero-order valence-corrected chi connectivity index (χ0v) is 17.5. The van der Waals surface area contributed by atoms with Crippen molar-refractivity contribution in [3.8, 4) is 0 Å². The van der Waals surface area contributed by atoms with E-state index in [-0.39, 0.29) is 5.41 Å². The standard InChI is InChI=1S/C21H27N3O3S/c1-6-11-24(20-23-17(13-28-20)21(3,4)5)12-15-7-9-16(10-8-15)18(25)22-14(2)19(26)27/h6-10,13-14H,1,11-12H2,2-5H3,(H,22,25)(H,26,27). The van der Waals surface area contributed by atoms with Gasteiger partial charge >= 0.3 is 5.97 Å². The van der Waals surface area contributed by atoms with E-state index >= 15 is 0 Å². The highest BCUT2D eigenvalue weighted by molar-refractivity contribution is 7.13. The molecule has 7 heteroatoms. The highest BCUT2D eigenvalue weighted by Crippen LogP contribution is 2.29. The topological polar surface area (TPSA) is 82.5 Å². The van der Waals surface area contributed by atoms with Gasteiger partial charge in [-0.1, -0.05) is 39.0 Å². The van der Waals surface area contributed by atoms with Gasteiger partial charge in [0.15, 0.2) is 5.13 Å². The molecule has 2 rings (SSSR count). The van der Waals surface area contributed by atoms with E-state index in [1.807, 2.05) is 18.2 Å². The number of carbonyl (C=O) groups excluding carboxylic acids is 1. The molecule has 0 aliphatic heterocycles. The molecule has 6 nitrogen and oxygen atoms in total. The Labute approximate surface area is 169 Å². The van der Waals surface area contributed by atoms with Crippen LogP contribution in [-0.2, 0) is 16.8 Å². The molecule has 1 amide bonds. The van der Waals surface area contributed by atoms with Crippen LogP contribution in [0.25, 0.3) is 0 Å². The Hall–Kier alpha value is -2.67. The first-order chi connectivity index (χ1) is 13.1. The minimum Gasteiger partial charge on any atom is -0.480 e. The van der Waals surface area contributed by atoms with Crippen molar-refractivity contribution in [1.29, 1.82) is 0 Å². The summed E-state index contributed by atoms with van der Waals surface area (Å²) in [5.41, 5.74) is 2.51. The number of thiazole rings is 1. The van der Waals surface area contributed by atoms with Crippen LogP contribution in [0.15, 0.2) is 42.3 Å². The molecule has 0 aliphatic rings. The molecule has 2 aromatic rings. The van der Waals surface area contributed by atoms with Crippen LogP contribution in [0.4, 0.5) is 5.13 Å². The lowest BCUT2D eigenvalue weighted by Gasteiger charge is -2.21. The van der Waals surface area contributed by atoms with Crippen LogP contribution >= 0.6 is 11.3 Å². The summed E-state index contributed by atoms with van der Waals surface area (Å²) in [5.74, 6) is -1.47. The molecule has 0 saturated carbocycles. The van der Waals surface area contributed by atoms with Gasteiger partial charge in [-0.25, -0.2) is 4.98 Å². The number of amides is 1. The molecule has 1 aromatic carbocycles. The van der Waals surface area contributed by atoms with E-state index in [2.05, 4.69) is 42.9 Å². The lowest BCUT2D eigenvalue weighted by atomic mass is 9.93. The van der Waals surface area contributed by atoms with Crippen LogP contribution < -0.4 is 10.2 Å². The maximum Gasteiger partial charge on any atom is 0.325 e. The minimum absolute atomic E-state index is 0.00328. The molecule has 0 aliphatic carbocycles. The predicted molar refractivity (Wildman–Crippen MR) is 113 cm³/mol. The van der Waals surface area contributed by atoms with Gasteiger partial charge in [0.2, 0.25) is 0 Å². The Kier molecular flexibility index (Phi) is 6.96. The van der Waals surface area contributed by atoms with Crippen molar-refractivity contribution < 1.29 is 14.7 Å². The smallest absolute Gasteiger partial charge is 0.325 e. The van der Waals surface area contributed by atoms with Crippen molar-refractivity contribution in [3.63, 3.8) is 0 Å². The monoisotopic (exact) mass is 401 g/mol. The number of hydrogen-bond acceptors (Lipinski definition) is 5. The van der Waals surface area contributed by atoms with E-state index in [9.17, 15) is 9.59 Å². The summed E-state index contributed by atoms with van der Waals surface area (Å²) in [5, 5.41) is 14.4. The number of aliphatic carboxylic acids is 1. The fourth-order valence-electron chi connectivity index (χ4n) is 2.44. The summed E-state index contributed by atoms with van der Waals surface area (Å²) in [6.07, 6.45) is 1.84. The van der Waals surface area contributed by atoms with E-state index in [1.54, 1.807) is 23.5 Å². The van der Waals surface area contributed by atoms with Crippen LogP contribution in [0, 0.1) is 0 Å². The molecule has 28 heavy (non-hydrogen) atoms. The van der Waals surface area contributed by atoms with E-state index in [1.165, 1.54) is 6.92 Å². The van der Waals surface area contributed by atoms with E-state index < -0.39 is 17.9 Å². The number of aromatic nitrogens is 1. The van der Waals surface area contributed by atoms with Crippen molar-refractivity contribution >= 4 is 28.3 Å². The molecule has 0 radical (unpaired) electrons. The van der Waals surface area contributed by atoms with Gasteiger partial charge in [-0.2, -0.15) is 0 Å². The summed E-state index contributed by atoms with van der Waals surface area (Å²) in [6, 6.07) is 6.21. The Bertz CT molecular complexity index is 837. The quantitative estimate of drug-likeness (QED) is 0.657. The third-order valence-electron chi connectivity index (χ3n) is 4.19. The molecule has 1 atom stereocenters. The SMILES string of the molecule is C=CCN(Cc1ccc(C(=O)NC(C)C(=O)O)cc1)c1nc(C(C)(C)C)cs1. The third-order valence-corrected chi connectivity index (χ3v) is 5.09. The number of anilines is 1. The summed E-state index contributed by atoms with van der Waals surface area (Å²) < 4.78 is 0. The predicted octanol–water partition coefficient (Wildman–Crippen LogP) is 3.84. The molecule has 0 saturated heterocycles. The first-order valence-electron chi connectivity index (χ1n) is 9.06. The van der Waals surface area contributed by atoms with Gasteiger partial charge in [0.05, 0.1) is 5.69 Å². The average molecular weight is 402 g/mol. The van der Waals surface area contributed by atoms with Gasteiger partial charge in [-0.3, -0.25) is 9.59 Å². The van der Waals surface area contributed by atoms with Crippen LogP contribution in [-0.4, -0.2) is 34.6 Å². The Morgan fingerprint density at radius 1 is 1.32 bits per heavy atom. The summed E-state index contributed by atoms with van der Waals surface area (Å²) in [4.78, 5) is 29.9. The molecule has 1 heterocycles. The first-order valence-corrected chi connectivity index (χ1v) is 9.94. The molecule has 1 unspecified atom stereocenters. The average Bonchev–Trinajstić information content (AvgIpc) is 3.12. The molecule has 150 valence electrons. The number of carbonyl (C=O) groups is 2. The van der Waals surface area contributed by atoms with Gasteiger partial charge < -0.3 is 15.3 Å². The molecule has 1 aromatic heterocycles. The lowest BCUT2D eigenvalue weighted by molar-refractivity contribution is -0.138. The van der Waals surface area contributed by atoms with E-state index in [4.69, 9.17) is 10.1 Å². The van der Waals surface area contributed by atoms with Crippen molar-refractivity contribution in [2.24, 2.45) is 0 Å². The molecule has 0 fully saturated rings. The molecule has 0 bridgehead atoms. The van der Waals surface area contributed by atoms with Crippen molar-refractivity contribution in [1.82, 2.24) is 10.3 Å². The summed E-state index contributed by atoms with van der Waals surface area (Å²) >= 11 is 1.61. The van der Waals surface area contributed by atoms with E-state index in [0.29, 0.717) is 18.7 Å². The highest BCUT2D eigenvalue weighted by atomic mass is 32.1. The Balaban J connectivity index is 2.11. The van der Waals surface area contributed by atoms with Gasteiger partial charge in [0.25, 0.3) is 5.91 Å². The fraction of sp³-hybridized carbons (Fsp3) is 0.381. The molecule has 0 spiro atoms. The largest absolute Gasteiger partial charge is 0.480 e. The van der Waals surface area contributed by atoms with Crippen molar-refractivity contribution in [2.75, 3.05) is 11.4 Å². The summed E-state index contributed by atoms with van der Waals surface area (Å²) in [7, 11) is 0. The lowest BCUT2D eigenvalue weighted by Crippen LogP contribution is -2.38. The zero-order valence-electron chi connectivity index (χ0n) is 16.7. The van der Waals surface area contributed by atoms with Crippen LogP contribution in [0.2, 0.25) is 0 Å². The number of rotatable bonds is 8. The van der Waals surface area contributed by atoms with Crippen molar-refractivity contribution in [3.05, 3.63) is 59.1 Å². The van der Waals surface area contributed by atoms with Gasteiger partial charge in [0.1, 0.15) is 6.04 Å². The van der Waals surface area contributed by atoms with Gasteiger partial charge in [-0.05, 0) is 24.6 Å².